The van der Waals surface area contributed by atoms with Gasteiger partial charge in [-0.2, -0.15) is 0 Å². The van der Waals surface area contributed by atoms with Gasteiger partial charge in [0.2, 0.25) is 5.91 Å². The number of ether oxygens (including phenoxy) is 1. The SMILES string of the molecule is CC(C)COC(=O)C1(C(N)=O)CC(F)(c2ccc(CN3CCCC3)c(Cl)c2)C1. The van der Waals surface area contributed by atoms with Crippen LogP contribution >= 0.6 is 11.6 Å². The Bertz CT molecular complexity index is 756. The fourth-order valence-corrected chi connectivity index (χ4v) is 4.28. The second kappa shape index (κ2) is 7.99. The maximum absolute atomic E-state index is 15.5. The number of rotatable bonds is 7. The van der Waals surface area contributed by atoms with E-state index in [-0.39, 0.29) is 25.4 Å². The predicted molar refractivity (Wildman–Crippen MR) is 105 cm³/mol. The summed E-state index contributed by atoms with van der Waals surface area (Å²) >= 11 is 6.40. The molecule has 3 rings (SSSR count). The zero-order valence-electron chi connectivity index (χ0n) is 16.5. The molecule has 0 bridgehead atoms. The highest BCUT2D eigenvalue weighted by Gasteiger charge is 2.65. The molecule has 1 aliphatic carbocycles. The third-order valence-corrected chi connectivity index (χ3v) is 6.09. The Morgan fingerprint density at radius 1 is 1.29 bits per heavy atom. The summed E-state index contributed by atoms with van der Waals surface area (Å²) in [6.45, 7) is 6.77. The molecule has 1 saturated carbocycles. The van der Waals surface area contributed by atoms with Crippen molar-refractivity contribution in [3.05, 3.63) is 34.3 Å². The van der Waals surface area contributed by atoms with Crippen LogP contribution in [0.15, 0.2) is 18.2 Å². The highest BCUT2D eigenvalue weighted by molar-refractivity contribution is 6.31. The predicted octanol–water partition coefficient (Wildman–Crippen LogP) is 3.57. The Labute approximate surface area is 170 Å². The van der Waals surface area contributed by atoms with Crippen LogP contribution in [-0.4, -0.2) is 36.5 Å². The molecule has 1 aromatic carbocycles. The monoisotopic (exact) mass is 410 g/mol. The first kappa shape index (κ1) is 21.1. The van der Waals surface area contributed by atoms with Gasteiger partial charge >= 0.3 is 5.97 Å². The van der Waals surface area contributed by atoms with Crippen molar-refractivity contribution in [2.75, 3.05) is 19.7 Å². The van der Waals surface area contributed by atoms with Gasteiger partial charge in [0.1, 0.15) is 5.67 Å². The van der Waals surface area contributed by atoms with Gasteiger partial charge in [0.15, 0.2) is 5.41 Å². The molecule has 1 heterocycles. The molecule has 7 heteroatoms. The van der Waals surface area contributed by atoms with Crippen LogP contribution in [0.4, 0.5) is 4.39 Å². The third-order valence-electron chi connectivity index (χ3n) is 5.74. The van der Waals surface area contributed by atoms with Gasteiger partial charge in [0.25, 0.3) is 0 Å². The largest absolute Gasteiger partial charge is 0.465 e. The van der Waals surface area contributed by atoms with Crippen molar-refractivity contribution in [2.45, 2.75) is 51.7 Å². The molecule has 1 amide bonds. The zero-order chi connectivity index (χ0) is 20.5. The van der Waals surface area contributed by atoms with Crippen molar-refractivity contribution in [3.63, 3.8) is 0 Å². The van der Waals surface area contributed by atoms with Crippen molar-refractivity contribution in [1.29, 1.82) is 0 Å². The van der Waals surface area contributed by atoms with E-state index in [9.17, 15) is 9.59 Å². The van der Waals surface area contributed by atoms with Crippen molar-refractivity contribution in [1.82, 2.24) is 4.90 Å². The lowest BCUT2D eigenvalue weighted by atomic mass is 9.57. The van der Waals surface area contributed by atoms with E-state index in [1.54, 1.807) is 12.1 Å². The van der Waals surface area contributed by atoms with Gasteiger partial charge in [-0.1, -0.05) is 37.6 Å². The number of carbonyl (C=O) groups is 2. The molecular weight excluding hydrogens is 383 g/mol. The molecule has 28 heavy (non-hydrogen) atoms. The minimum Gasteiger partial charge on any atom is -0.465 e. The summed E-state index contributed by atoms with van der Waals surface area (Å²) in [6, 6.07) is 5.14. The highest BCUT2D eigenvalue weighted by Crippen LogP contribution is 2.57. The number of primary amides is 1. The molecule has 1 aliphatic heterocycles. The van der Waals surface area contributed by atoms with Gasteiger partial charge in [0.05, 0.1) is 6.61 Å². The first-order chi connectivity index (χ1) is 13.2. The number of amides is 1. The number of halogens is 2. The molecule has 0 aromatic heterocycles. The number of hydrogen-bond donors (Lipinski definition) is 1. The number of nitrogens with two attached hydrogens (primary N) is 1. The van der Waals surface area contributed by atoms with E-state index in [1.165, 1.54) is 12.8 Å². The molecule has 0 atom stereocenters. The van der Waals surface area contributed by atoms with Crippen molar-refractivity contribution in [2.24, 2.45) is 17.1 Å². The van der Waals surface area contributed by atoms with E-state index in [0.29, 0.717) is 10.6 Å². The zero-order valence-corrected chi connectivity index (χ0v) is 17.2. The minimum absolute atomic E-state index is 0.117. The van der Waals surface area contributed by atoms with E-state index < -0.39 is 23.0 Å². The van der Waals surface area contributed by atoms with Crippen LogP contribution in [0.5, 0.6) is 0 Å². The number of hydrogen-bond acceptors (Lipinski definition) is 4. The average Bonchev–Trinajstić information content (AvgIpc) is 3.11. The molecule has 2 N–H and O–H groups in total. The van der Waals surface area contributed by atoms with Crippen LogP contribution in [0.2, 0.25) is 5.02 Å². The second-order valence-corrected chi connectivity index (χ2v) is 8.95. The summed E-state index contributed by atoms with van der Waals surface area (Å²) in [7, 11) is 0. The van der Waals surface area contributed by atoms with E-state index in [2.05, 4.69) is 4.90 Å². The van der Waals surface area contributed by atoms with Crippen LogP contribution in [0.1, 0.15) is 50.7 Å². The van der Waals surface area contributed by atoms with E-state index in [1.807, 2.05) is 19.9 Å². The number of benzene rings is 1. The van der Waals surface area contributed by atoms with Crippen LogP contribution in [-0.2, 0) is 26.5 Å². The summed E-state index contributed by atoms with van der Waals surface area (Å²) in [5, 5.41) is 0.500. The first-order valence-corrected chi connectivity index (χ1v) is 10.2. The van der Waals surface area contributed by atoms with Crippen LogP contribution in [0, 0.1) is 11.3 Å². The molecule has 0 radical (unpaired) electrons. The van der Waals surface area contributed by atoms with E-state index >= 15 is 4.39 Å². The maximum atomic E-state index is 15.5. The van der Waals surface area contributed by atoms with Gasteiger partial charge < -0.3 is 10.5 Å². The van der Waals surface area contributed by atoms with E-state index in [0.717, 1.165) is 25.2 Å². The molecule has 1 aromatic rings. The molecule has 2 fully saturated rings. The summed E-state index contributed by atoms with van der Waals surface area (Å²) in [5.74, 6) is -1.46. The Morgan fingerprint density at radius 3 is 2.46 bits per heavy atom. The third kappa shape index (κ3) is 4.03. The summed E-state index contributed by atoms with van der Waals surface area (Å²) in [6.07, 6.45) is 1.75. The summed E-state index contributed by atoms with van der Waals surface area (Å²) < 4.78 is 20.7. The number of esters is 1. The van der Waals surface area contributed by atoms with Gasteiger partial charge in [0, 0.05) is 24.4 Å². The Morgan fingerprint density at radius 2 is 1.93 bits per heavy atom. The van der Waals surface area contributed by atoms with Crippen molar-refractivity contribution >= 4 is 23.5 Å². The first-order valence-electron chi connectivity index (χ1n) is 9.84. The van der Waals surface area contributed by atoms with Gasteiger partial charge in [-0.15, -0.1) is 0 Å². The maximum Gasteiger partial charge on any atom is 0.321 e. The molecular formula is C21H28ClFN2O3. The number of alkyl halides is 1. The summed E-state index contributed by atoms with van der Waals surface area (Å²) in [5.41, 5.74) is 3.35. The lowest BCUT2D eigenvalue weighted by Crippen LogP contribution is -2.59. The quantitative estimate of drug-likeness (QED) is 0.551. The van der Waals surface area contributed by atoms with Gasteiger partial charge in [-0.25, -0.2) is 4.39 Å². The smallest absolute Gasteiger partial charge is 0.321 e. The Balaban J connectivity index is 1.72. The van der Waals surface area contributed by atoms with Crippen LogP contribution in [0.25, 0.3) is 0 Å². The van der Waals surface area contributed by atoms with Crippen molar-refractivity contribution < 1.29 is 18.7 Å². The standard InChI is InChI=1S/C21H28ClFN2O3/c1-14(2)11-28-19(27)20(18(24)26)12-21(23,13-20)16-6-5-15(17(22)9-16)10-25-7-3-4-8-25/h5-6,9,14H,3-4,7-8,10-13H2,1-2H3,(H2,24,26). The van der Waals surface area contributed by atoms with Crippen LogP contribution < -0.4 is 5.73 Å². The summed E-state index contributed by atoms with van der Waals surface area (Å²) in [4.78, 5) is 26.7. The fourth-order valence-electron chi connectivity index (χ4n) is 4.04. The highest BCUT2D eigenvalue weighted by atomic mass is 35.5. The number of nitrogens with zero attached hydrogens (tertiary/aromatic N) is 1. The van der Waals surface area contributed by atoms with Gasteiger partial charge in [-0.05, 0) is 49.0 Å². The molecule has 2 aliphatic rings. The minimum atomic E-state index is -1.82. The number of carbonyl (C=O) groups excluding carboxylic acids is 2. The van der Waals surface area contributed by atoms with Crippen molar-refractivity contribution in [3.8, 4) is 0 Å². The van der Waals surface area contributed by atoms with Gasteiger partial charge in [-0.3, -0.25) is 14.5 Å². The van der Waals surface area contributed by atoms with E-state index in [4.69, 9.17) is 22.1 Å². The average molecular weight is 411 g/mol. The normalized spacial score (nSPS) is 27.6. The lowest BCUT2D eigenvalue weighted by Gasteiger charge is -2.47. The molecule has 5 nitrogen and oxygen atoms in total. The molecule has 154 valence electrons. The second-order valence-electron chi connectivity index (χ2n) is 8.55. The lowest BCUT2D eigenvalue weighted by molar-refractivity contribution is -0.181. The van der Waals surface area contributed by atoms with Crippen LogP contribution in [0.3, 0.4) is 0 Å². The molecule has 0 spiro atoms. The number of likely N-dealkylation sites (tertiary alicyclic amines) is 1. The fraction of sp³-hybridized carbons (Fsp3) is 0.619. The molecule has 1 saturated heterocycles. The topological polar surface area (TPSA) is 72.6 Å². The Kier molecular flexibility index (Phi) is 6.01. The Hall–Kier alpha value is -1.66. The molecule has 0 unspecified atom stereocenters.